The van der Waals surface area contributed by atoms with Gasteiger partial charge in [-0.1, -0.05) is 29.8 Å². The number of thiophene rings is 1. The van der Waals surface area contributed by atoms with Crippen molar-refractivity contribution in [3.05, 3.63) is 75.0 Å². The molecule has 4 rings (SSSR count). The number of carboxylic acids is 2. The van der Waals surface area contributed by atoms with Crippen LogP contribution in [0.25, 0.3) is 5.57 Å². The minimum Gasteiger partial charge on any atom is -0.478 e. The maximum Gasteiger partial charge on any atom is 0.328 e. The van der Waals surface area contributed by atoms with Crippen molar-refractivity contribution in [3.8, 4) is 0 Å². The van der Waals surface area contributed by atoms with Crippen LogP contribution in [0.5, 0.6) is 0 Å². The molecular weight excluding hydrogens is 402 g/mol. The molecule has 30 heavy (non-hydrogen) atoms. The Kier molecular flexibility index (Phi) is 6.97. The molecule has 0 saturated carbocycles. The standard InChI is InChI=1S/C19H19NOS.C4H4O4/c1-20-9-6-13(7-10-20)18-15-5-3-2-4-14(15)12-17(21)16-8-11-22-19(16)18;5-3(6)1-2-4(7)8/h2-5,8,11H,6-7,9-10,12H2,1H3;1-2H,(H,5,6)(H,7,8). The fourth-order valence-electron chi connectivity index (χ4n) is 3.66. The number of benzene rings is 1. The van der Waals surface area contributed by atoms with Crippen molar-refractivity contribution in [2.24, 2.45) is 0 Å². The first-order valence-corrected chi connectivity index (χ1v) is 10.5. The zero-order valence-electron chi connectivity index (χ0n) is 16.6. The summed E-state index contributed by atoms with van der Waals surface area (Å²) >= 11 is 1.72. The first kappa shape index (κ1) is 21.7. The lowest BCUT2D eigenvalue weighted by Gasteiger charge is -2.26. The summed E-state index contributed by atoms with van der Waals surface area (Å²) in [6.45, 7) is 2.21. The normalized spacial score (nSPS) is 16.4. The van der Waals surface area contributed by atoms with E-state index in [9.17, 15) is 14.4 Å². The number of hydrogen-bond acceptors (Lipinski definition) is 5. The number of rotatable bonds is 2. The van der Waals surface area contributed by atoms with Crippen LogP contribution in [-0.2, 0) is 16.0 Å². The van der Waals surface area contributed by atoms with Gasteiger partial charge in [-0.2, -0.15) is 0 Å². The molecule has 0 spiro atoms. The Hall–Kier alpha value is -3.03. The van der Waals surface area contributed by atoms with Crippen molar-refractivity contribution in [2.45, 2.75) is 19.3 Å². The van der Waals surface area contributed by atoms with Crippen LogP contribution in [0, 0.1) is 0 Å². The molecule has 2 heterocycles. The van der Waals surface area contributed by atoms with Gasteiger partial charge >= 0.3 is 11.9 Å². The van der Waals surface area contributed by atoms with Gasteiger partial charge in [-0.3, -0.25) is 4.79 Å². The molecule has 0 amide bonds. The molecule has 2 N–H and O–H groups in total. The molecule has 7 heteroatoms. The lowest BCUT2D eigenvalue weighted by molar-refractivity contribution is -0.134. The smallest absolute Gasteiger partial charge is 0.328 e. The fraction of sp³-hybridized carbons (Fsp3) is 0.261. The number of piperidine rings is 1. The van der Waals surface area contributed by atoms with Gasteiger partial charge < -0.3 is 15.1 Å². The summed E-state index contributed by atoms with van der Waals surface area (Å²) in [5.74, 6) is -2.26. The number of nitrogens with zero attached hydrogens (tertiary/aromatic N) is 1. The summed E-state index contributed by atoms with van der Waals surface area (Å²) in [7, 11) is 2.18. The van der Waals surface area contributed by atoms with E-state index in [0.717, 1.165) is 31.5 Å². The summed E-state index contributed by atoms with van der Waals surface area (Å²) in [6.07, 6.45) is 3.85. The van der Waals surface area contributed by atoms with Gasteiger partial charge in [0.15, 0.2) is 5.78 Å². The quantitative estimate of drug-likeness (QED) is 0.712. The van der Waals surface area contributed by atoms with E-state index in [1.807, 2.05) is 12.1 Å². The minimum atomic E-state index is -1.26. The highest BCUT2D eigenvalue weighted by Gasteiger charge is 2.27. The maximum absolute atomic E-state index is 12.6. The molecule has 2 aliphatic rings. The Morgan fingerprint density at radius 2 is 1.63 bits per heavy atom. The molecule has 0 unspecified atom stereocenters. The summed E-state index contributed by atoms with van der Waals surface area (Å²) in [5, 5.41) is 17.7. The van der Waals surface area contributed by atoms with E-state index in [4.69, 9.17) is 10.2 Å². The molecule has 0 radical (unpaired) electrons. The number of carbonyl (C=O) groups is 3. The predicted octanol–water partition coefficient (Wildman–Crippen LogP) is 3.73. The monoisotopic (exact) mass is 425 g/mol. The van der Waals surface area contributed by atoms with Crippen LogP contribution in [-0.4, -0.2) is 53.0 Å². The molecule has 0 bridgehead atoms. The topological polar surface area (TPSA) is 94.9 Å². The Balaban J connectivity index is 0.000000275. The van der Waals surface area contributed by atoms with E-state index in [1.165, 1.54) is 27.2 Å². The number of carbonyl (C=O) groups excluding carboxylic acids is 1. The molecule has 6 nitrogen and oxygen atoms in total. The van der Waals surface area contributed by atoms with Gasteiger partial charge in [-0.25, -0.2) is 9.59 Å². The van der Waals surface area contributed by atoms with Gasteiger partial charge in [0.05, 0.1) is 0 Å². The van der Waals surface area contributed by atoms with Gasteiger partial charge in [0.1, 0.15) is 0 Å². The Labute approximate surface area is 178 Å². The molecule has 1 aromatic carbocycles. The average molecular weight is 426 g/mol. The van der Waals surface area contributed by atoms with E-state index < -0.39 is 11.9 Å². The van der Waals surface area contributed by atoms with E-state index in [2.05, 4.69) is 35.5 Å². The Morgan fingerprint density at radius 3 is 2.27 bits per heavy atom. The van der Waals surface area contributed by atoms with Gasteiger partial charge in [0.25, 0.3) is 0 Å². The summed E-state index contributed by atoms with van der Waals surface area (Å²) in [5.41, 5.74) is 6.24. The molecule has 0 atom stereocenters. The number of likely N-dealkylation sites (tertiary alicyclic amines) is 1. The number of aliphatic carboxylic acids is 2. The average Bonchev–Trinajstić information content (AvgIpc) is 3.15. The summed E-state index contributed by atoms with van der Waals surface area (Å²) in [4.78, 5) is 35.3. The third-order valence-electron chi connectivity index (χ3n) is 5.14. The summed E-state index contributed by atoms with van der Waals surface area (Å²) in [6, 6.07) is 10.4. The van der Waals surface area contributed by atoms with Gasteiger partial charge in [-0.05, 0) is 48.0 Å². The zero-order chi connectivity index (χ0) is 21.7. The van der Waals surface area contributed by atoms with Crippen LogP contribution < -0.4 is 0 Å². The Morgan fingerprint density at radius 1 is 1.00 bits per heavy atom. The van der Waals surface area contributed by atoms with Gasteiger partial charge in [-0.15, -0.1) is 11.3 Å². The molecule has 1 aliphatic heterocycles. The van der Waals surface area contributed by atoms with Crippen LogP contribution in [0.2, 0.25) is 0 Å². The number of carboxylic acid groups (broad SMARTS) is 2. The molecule has 1 saturated heterocycles. The van der Waals surface area contributed by atoms with E-state index in [-0.39, 0.29) is 5.78 Å². The van der Waals surface area contributed by atoms with Crippen molar-refractivity contribution >= 4 is 34.6 Å². The van der Waals surface area contributed by atoms with E-state index in [0.29, 0.717) is 18.6 Å². The van der Waals surface area contributed by atoms with Crippen LogP contribution in [0.3, 0.4) is 0 Å². The molecule has 156 valence electrons. The highest BCUT2D eigenvalue weighted by Crippen LogP contribution is 2.40. The van der Waals surface area contributed by atoms with E-state index >= 15 is 0 Å². The first-order valence-electron chi connectivity index (χ1n) is 9.60. The predicted molar refractivity (Wildman–Crippen MR) is 116 cm³/mol. The third-order valence-corrected chi connectivity index (χ3v) is 6.07. The van der Waals surface area contributed by atoms with Crippen molar-refractivity contribution in [2.75, 3.05) is 20.1 Å². The van der Waals surface area contributed by atoms with Crippen LogP contribution in [0.15, 0.2) is 53.4 Å². The lowest BCUT2D eigenvalue weighted by atomic mass is 9.90. The van der Waals surface area contributed by atoms with Crippen molar-refractivity contribution in [3.63, 3.8) is 0 Å². The second-order valence-electron chi connectivity index (χ2n) is 7.21. The second-order valence-corrected chi connectivity index (χ2v) is 8.13. The number of ketones is 1. The second kappa shape index (κ2) is 9.65. The number of hydrogen-bond donors (Lipinski definition) is 2. The largest absolute Gasteiger partial charge is 0.478 e. The van der Waals surface area contributed by atoms with E-state index in [1.54, 1.807) is 11.3 Å². The minimum absolute atomic E-state index is 0.257. The number of fused-ring (bicyclic) bond motifs is 2. The fourth-order valence-corrected chi connectivity index (χ4v) is 4.68. The van der Waals surface area contributed by atoms with Crippen LogP contribution >= 0.6 is 11.3 Å². The SMILES string of the molecule is CN1CCC(=C2c3ccccc3CC(=O)c3ccsc32)CC1.O=C(O)C=CC(=O)O. The highest BCUT2D eigenvalue weighted by atomic mass is 32.1. The zero-order valence-corrected chi connectivity index (χ0v) is 17.4. The molecule has 2 aromatic rings. The van der Waals surface area contributed by atoms with Crippen LogP contribution in [0.4, 0.5) is 0 Å². The molecule has 1 aromatic heterocycles. The molecule has 1 aliphatic carbocycles. The first-order chi connectivity index (χ1) is 14.4. The van der Waals surface area contributed by atoms with Gasteiger partial charge in [0.2, 0.25) is 0 Å². The third kappa shape index (κ3) is 5.11. The number of Topliss-reactive ketones (excluding diaryl/α,β-unsaturated/α-hetero) is 1. The van der Waals surface area contributed by atoms with Gasteiger partial charge in [0, 0.05) is 42.1 Å². The molecular formula is C23H23NO5S. The van der Waals surface area contributed by atoms with Crippen molar-refractivity contribution in [1.29, 1.82) is 0 Å². The lowest BCUT2D eigenvalue weighted by Crippen LogP contribution is -2.26. The summed E-state index contributed by atoms with van der Waals surface area (Å²) < 4.78 is 0. The van der Waals surface area contributed by atoms with Crippen LogP contribution in [0.1, 0.15) is 39.2 Å². The van der Waals surface area contributed by atoms with Crippen molar-refractivity contribution < 1.29 is 24.6 Å². The molecule has 1 fully saturated rings. The van der Waals surface area contributed by atoms with Crippen molar-refractivity contribution in [1.82, 2.24) is 4.90 Å². The Bertz CT molecular complexity index is 1010. The highest BCUT2D eigenvalue weighted by molar-refractivity contribution is 7.11. The maximum atomic E-state index is 12.6.